The number of benzene rings is 1. The third-order valence-corrected chi connectivity index (χ3v) is 3.28. The van der Waals surface area contributed by atoms with Gasteiger partial charge in [0.25, 0.3) is 5.69 Å². The lowest BCUT2D eigenvalue weighted by atomic mass is 10.1. The standard InChI is InChI=1S/C12H16N2O2/c1-8-6-11(8)13-7-10-4-3-5-12(9(10)2)14(15)16/h3-5,8,11,13H,6-7H2,1-2H3. The van der Waals surface area contributed by atoms with Crippen LogP contribution in [-0.4, -0.2) is 11.0 Å². The number of nitro groups is 1. The third kappa shape index (κ3) is 2.22. The summed E-state index contributed by atoms with van der Waals surface area (Å²) in [5.41, 5.74) is 2.00. The second-order valence-corrected chi connectivity index (χ2v) is 4.52. The normalized spacial score (nSPS) is 23.1. The molecule has 2 unspecified atom stereocenters. The van der Waals surface area contributed by atoms with Crippen LogP contribution < -0.4 is 5.32 Å². The van der Waals surface area contributed by atoms with Gasteiger partial charge in [0.2, 0.25) is 0 Å². The molecule has 1 aliphatic carbocycles. The number of rotatable bonds is 4. The van der Waals surface area contributed by atoms with Crippen molar-refractivity contribution in [2.75, 3.05) is 0 Å². The first-order valence-corrected chi connectivity index (χ1v) is 5.56. The monoisotopic (exact) mass is 220 g/mol. The number of nitrogens with zero attached hydrogens (tertiary/aromatic N) is 1. The number of nitrogens with one attached hydrogen (secondary N) is 1. The summed E-state index contributed by atoms with van der Waals surface area (Å²) in [4.78, 5) is 10.4. The minimum absolute atomic E-state index is 0.211. The van der Waals surface area contributed by atoms with Crippen molar-refractivity contribution in [2.45, 2.75) is 32.9 Å². The Morgan fingerprint density at radius 2 is 2.25 bits per heavy atom. The van der Waals surface area contributed by atoms with E-state index >= 15 is 0 Å². The highest BCUT2D eigenvalue weighted by Crippen LogP contribution is 2.30. The van der Waals surface area contributed by atoms with Crippen LogP contribution in [0.1, 0.15) is 24.5 Å². The summed E-state index contributed by atoms with van der Waals surface area (Å²) in [6, 6.07) is 5.85. The molecule has 0 spiro atoms. The molecular formula is C12H16N2O2. The number of hydrogen-bond acceptors (Lipinski definition) is 3. The van der Waals surface area contributed by atoms with Crippen molar-refractivity contribution in [3.63, 3.8) is 0 Å². The van der Waals surface area contributed by atoms with Gasteiger partial charge < -0.3 is 5.32 Å². The van der Waals surface area contributed by atoms with E-state index in [1.165, 1.54) is 6.42 Å². The predicted octanol–water partition coefficient (Wildman–Crippen LogP) is 2.40. The lowest BCUT2D eigenvalue weighted by molar-refractivity contribution is -0.385. The van der Waals surface area contributed by atoms with Crippen LogP contribution >= 0.6 is 0 Å². The van der Waals surface area contributed by atoms with E-state index in [4.69, 9.17) is 0 Å². The molecular weight excluding hydrogens is 204 g/mol. The van der Waals surface area contributed by atoms with Gasteiger partial charge in [0.1, 0.15) is 0 Å². The fourth-order valence-electron chi connectivity index (χ4n) is 1.91. The van der Waals surface area contributed by atoms with Crippen LogP contribution in [0, 0.1) is 23.0 Å². The molecule has 4 nitrogen and oxygen atoms in total. The maximum atomic E-state index is 10.8. The Morgan fingerprint density at radius 1 is 1.56 bits per heavy atom. The Bertz CT molecular complexity index is 417. The highest BCUT2D eigenvalue weighted by atomic mass is 16.6. The van der Waals surface area contributed by atoms with Gasteiger partial charge in [-0.25, -0.2) is 0 Å². The first-order chi connectivity index (χ1) is 7.59. The molecule has 1 fully saturated rings. The average molecular weight is 220 g/mol. The summed E-state index contributed by atoms with van der Waals surface area (Å²) < 4.78 is 0. The van der Waals surface area contributed by atoms with Gasteiger partial charge in [-0.15, -0.1) is 0 Å². The van der Waals surface area contributed by atoms with Gasteiger partial charge in [0.15, 0.2) is 0 Å². The Kier molecular flexibility index (Phi) is 2.92. The van der Waals surface area contributed by atoms with E-state index in [1.54, 1.807) is 12.1 Å². The van der Waals surface area contributed by atoms with Crippen LogP contribution in [0.2, 0.25) is 0 Å². The zero-order chi connectivity index (χ0) is 11.7. The van der Waals surface area contributed by atoms with Crippen LogP contribution in [0.3, 0.4) is 0 Å². The van der Waals surface area contributed by atoms with Crippen LogP contribution in [0.4, 0.5) is 5.69 Å². The van der Waals surface area contributed by atoms with Crippen molar-refractivity contribution in [2.24, 2.45) is 5.92 Å². The highest BCUT2D eigenvalue weighted by Gasteiger charge is 2.31. The molecule has 4 heteroatoms. The van der Waals surface area contributed by atoms with Gasteiger partial charge >= 0.3 is 0 Å². The molecule has 0 saturated heterocycles. The van der Waals surface area contributed by atoms with Gasteiger partial charge in [-0.3, -0.25) is 10.1 Å². The maximum Gasteiger partial charge on any atom is 0.272 e. The van der Waals surface area contributed by atoms with Gasteiger partial charge in [-0.1, -0.05) is 19.1 Å². The smallest absolute Gasteiger partial charge is 0.272 e. The lowest BCUT2D eigenvalue weighted by Gasteiger charge is -2.07. The summed E-state index contributed by atoms with van der Waals surface area (Å²) in [5, 5.41) is 14.2. The van der Waals surface area contributed by atoms with E-state index in [2.05, 4.69) is 12.2 Å². The van der Waals surface area contributed by atoms with E-state index in [0.29, 0.717) is 6.04 Å². The van der Waals surface area contributed by atoms with Crippen molar-refractivity contribution in [3.8, 4) is 0 Å². The summed E-state index contributed by atoms with van der Waals surface area (Å²) in [5.74, 6) is 0.749. The molecule has 86 valence electrons. The Balaban J connectivity index is 2.08. The molecule has 1 aromatic carbocycles. The molecule has 1 aromatic rings. The summed E-state index contributed by atoms with van der Waals surface area (Å²) in [6.45, 7) is 4.74. The van der Waals surface area contributed by atoms with Crippen molar-refractivity contribution < 1.29 is 4.92 Å². The topological polar surface area (TPSA) is 55.2 Å². The molecule has 16 heavy (non-hydrogen) atoms. The second kappa shape index (κ2) is 4.22. The van der Waals surface area contributed by atoms with Crippen molar-refractivity contribution in [1.82, 2.24) is 5.32 Å². The van der Waals surface area contributed by atoms with Crippen molar-refractivity contribution >= 4 is 5.69 Å². The Morgan fingerprint density at radius 3 is 2.81 bits per heavy atom. The molecule has 0 aliphatic heterocycles. The zero-order valence-electron chi connectivity index (χ0n) is 9.56. The van der Waals surface area contributed by atoms with Crippen molar-refractivity contribution in [3.05, 3.63) is 39.4 Å². The lowest BCUT2D eigenvalue weighted by Crippen LogP contribution is -2.17. The minimum atomic E-state index is -0.321. The minimum Gasteiger partial charge on any atom is -0.310 e. The molecule has 0 heterocycles. The molecule has 2 rings (SSSR count). The molecule has 2 atom stereocenters. The van der Waals surface area contributed by atoms with E-state index < -0.39 is 0 Å². The summed E-state index contributed by atoms with van der Waals surface area (Å²) >= 11 is 0. The van der Waals surface area contributed by atoms with Gasteiger partial charge in [0, 0.05) is 24.2 Å². The Hall–Kier alpha value is -1.42. The largest absolute Gasteiger partial charge is 0.310 e. The second-order valence-electron chi connectivity index (χ2n) is 4.52. The van der Waals surface area contributed by atoms with Gasteiger partial charge in [-0.2, -0.15) is 0 Å². The molecule has 1 saturated carbocycles. The number of hydrogen-bond donors (Lipinski definition) is 1. The average Bonchev–Trinajstić information content (AvgIpc) is 2.93. The van der Waals surface area contributed by atoms with Crippen molar-refractivity contribution in [1.29, 1.82) is 0 Å². The zero-order valence-corrected chi connectivity index (χ0v) is 9.56. The first-order valence-electron chi connectivity index (χ1n) is 5.56. The highest BCUT2D eigenvalue weighted by molar-refractivity contribution is 5.44. The fourth-order valence-corrected chi connectivity index (χ4v) is 1.91. The molecule has 0 bridgehead atoms. The molecule has 0 aromatic heterocycles. The fraction of sp³-hybridized carbons (Fsp3) is 0.500. The van der Waals surface area contributed by atoms with E-state index in [1.807, 2.05) is 13.0 Å². The summed E-state index contributed by atoms with van der Waals surface area (Å²) in [7, 11) is 0. The molecule has 0 radical (unpaired) electrons. The Labute approximate surface area is 94.8 Å². The molecule has 0 amide bonds. The maximum absolute atomic E-state index is 10.8. The van der Waals surface area contributed by atoms with Crippen LogP contribution in [0.25, 0.3) is 0 Å². The van der Waals surface area contributed by atoms with E-state index in [0.717, 1.165) is 23.6 Å². The van der Waals surface area contributed by atoms with Crippen LogP contribution in [-0.2, 0) is 6.54 Å². The van der Waals surface area contributed by atoms with Gasteiger partial charge in [0.05, 0.1) is 4.92 Å². The third-order valence-electron chi connectivity index (χ3n) is 3.28. The van der Waals surface area contributed by atoms with E-state index in [-0.39, 0.29) is 10.6 Å². The van der Waals surface area contributed by atoms with E-state index in [9.17, 15) is 10.1 Å². The SMILES string of the molecule is Cc1c(CNC2CC2C)cccc1[N+](=O)[O-]. The first kappa shape index (κ1) is 11.1. The van der Waals surface area contributed by atoms with Gasteiger partial charge in [-0.05, 0) is 24.8 Å². The van der Waals surface area contributed by atoms with Crippen LogP contribution in [0.15, 0.2) is 18.2 Å². The predicted molar refractivity (Wildman–Crippen MR) is 62.2 cm³/mol. The molecule has 1 aliphatic rings. The quantitative estimate of drug-likeness (QED) is 0.626. The summed E-state index contributed by atoms with van der Waals surface area (Å²) in [6.07, 6.45) is 1.22. The number of nitro benzene ring substituents is 1. The van der Waals surface area contributed by atoms with Crippen LogP contribution in [0.5, 0.6) is 0 Å². The molecule has 1 N–H and O–H groups in total.